The number of piperidine rings is 1. The van der Waals surface area contributed by atoms with Crippen molar-refractivity contribution in [1.82, 2.24) is 9.62 Å². The van der Waals surface area contributed by atoms with Gasteiger partial charge in [-0.2, -0.15) is 4.31 Å². The molecular formula is C16H24N2O3S. The third kappa shape index (κ3) is 3.87. The van der Waals surface area contributed by atoms with Crippen molar-refractivity contribution in [3.05, 3.63) is 29.8 Å². The lowest BCUT2D eigenvalue weighted by molar-refractivity contribution is -0.126. The first-order chi connectivity index (χ1) is 10.3. The Balaban J connectivity index is 2.14. The molecule has 0 radical (unpaired) electrons. The molecule has 6 heteroatoms. The molecule has 1 atom stereocenters. The van der Waals surface area contributed by atoms with Gasteiger partial charge in [-0.25, -0.2) is 8.42 Å². The molecule has 0 saturated carbocycles. The Hall–Kier alpha value is -1.40. The van der Waals surface area contributed by atoms with Crippen molar-refractivity contribution < 1.29 is 13.2 Å². The highest BCUT2D eigenvalue weighted by Gasteiger charge is 2.33. The summed E-state index contributed by atoms with van der Waals surface area (Å²) in [5.74, 6) is -0.324. The molecule has 0 bridgehead atoms. The maximum absolute atomic E-state index is 12.7. The molecule has 0 unspecified atom stereocenters. The number of carbonyl (C=O) groups excluding carboxylic acids is 1. The van der Waals surface area contributed by atoms with Crippen LogP contribution in [0.2, 0.25) is 0 Å². The van der Waals surface area contributed by atoms with Gasteiger partial charge in [-0.05, 0) is 45.7 Å². The fraction of sp³-hybridized carbons (Fsp3) is 0.562. The van der Waals surface area contributed by atoms with Crippen LogP contribution in [0, 0.1) is 12.8 Å². The summed E-state index contributed by atoms with van der Waals surface area (Å²) in [6, 6.07) is 6.90. The lowest BCUT2D eigenvalue weighted by atomic mass is 9.98. The van der Waals surface area contributed by atoms with E-state index in [1.807, 2.05) is 20.8 Å². The molecule has 1 aliphatic heterocycles. The van der Waals surface area contributed by atoms with E-state index in [1.165, 1.54) is 4.31 Å². The molecule has 22 heavy (non-hydrogen) atoms. The molecule has 0 aromatic heterocycles. The van der Waals surface area contributed by atoms with E-state index in [9.17, 15) is 13.2 Å². The SMILES string of the molecule is Cc1ccc(S(=O)(=O)N2CCC[C@@H](C(=O)NC(C)C)C2)cc1. The molecule has 0 aliphatic carbocycles. The smallest absolute Gasteiger partial charge is 0.243 e. The molecule has 1 fully saturated rings. The number of nitrogens with one attached hydrogen (secondary N) is 1. The molecular weight excluding hydrogens is 300 g/mol. The van der Waals surface area contributed by atoms with Gasteiger partial charge in [-0.3, -0.25) is 4.79 Å². The Morgan fingerprint density at radius 2 is 1.91 bits per heavy atom. The third-order valence-corrected chi connectivity index (χ3v) is 5.72. The summed E-state index contributed by atoms with van der Waals surface area (Å²) >= 11 is 0. The van der Waals surface area contributed by atoms with E-state index in [0.29, 0.717) is 17.9 Å². The van der Waals surface area contributed by atoms with Crippen LogP contribution in [0.25, 0.3) is 0 Å². The van der Waals surface area contributed by atoms with Gasteiger partial charge in [0.05, 0.1) is 10.8 Å². The highest BCUT2D eigenvalue weighted by Crippen LogP contribution is 2.24. The van der Waals surface area contributed by atoms with Crippen LogP contribution in [0.4, 0.5) is 0 Å². The summed E-state index contributed by atoms with van der Waals surface area (Å²) in [6.07, 6.45) is 1.44. The average molecular weight is 324 g/mol. The van der Waals surface area contributed by atoms with Gasteiger partial charge in [-0.15, -0.1) is 0 Å². The van der Waals surface area contributed by atoms with Crippen LogP contribution in [0.5, 0.6) is 0 Å². The molecule has 2 rings (SSSR count). The van der Waals surface area contributed by atoms with Crippen molar-refractivity contribution in [1.29, 1.82) is 0 Å². The first-order valence-electron chi connectivity index (χ1n) is 7.68. The highest BCUT2D eigenvalue weighted by atomic mass is 32.2. The van der Waals surface area contributed by atoms with E-state index in [-0.39, 0.29) is 24.4 Å². The Labute approximate surface area is 132 Å². The molecule has 1 heterocycles. The number of rotatable bonds is 4. The summed E-state index contributed by atoms with van der Waals surface area (Å²) < 4.78 is 26.8. The van der Waals surface area contributed by atoms with Gasteiger partial charge in [0.2, 0.25) is 15.9 Å². The van der Waals surface area contributed by atoms with Crippen LogP contribution in [0.1, 0.15) is 32.3 Å². The highest BCUT2D eigenvalue weighted by molar-refractivity contribution is 7.89. The quantitative estimate of drug-likeness (QED) is 0.920. The Bertz CT molecular complexity index is 623. The Morgan fingerprint density at radius 3 is 2.50 bits per heavy atom. The normalized spacial score (nSPS) is 20.1. The lowest BCUT2D eigenvalue weighted by Gasteiger charge is -2.31. The summed E-state index contributed by atoms with van der Waals surface area (Å²) in [4.78, 5) is 12.4. The fourth-order valence-corrected chi connectivity index (χ4v) is 4.16. The molecule has 1 aliphatic rings. The van der Waals surface area contributed by atoms with Gasteiger partial charge in [-0.1, -0.05) is 17.7 Å². The topological polar surface area (TPSA) is 66.5 Å². The van der Waals surface area contributed by atoms with Crippen molar-refractivity contribution in [3.8, 4) is 0 Å². The summed E-state index contributed by atoms with van der Waals surface area (Å²) in [5.41, 5.74) is 1.02. The molecule has 1 saturated heterocycles. The maximum Gasteiger partial charge on any atom is 0.243 e. The third-order valence-electron chi connectivity index (χ3n) is 3.84. The number of aryl methyl sites for hydroxylation is 1. The van der Waals surface area contributed by atoms with E-state index in [2.05, 4.69) is 5.32 Å². The molecule has 1 aromatic carbocycles. The predicted molar refractivity (Wildman–Crippen MR) is 85.9 cm³/mol. The number of hydrogen-bond acceptors (Lipinski definition) is 3. The second kappa shape index (κ2) is 6.79. The van der Waals surface area contributed by atoms with Gasteiger partial charge in [0.1, 0.15) is 0 Å². The second-order valence-electron chi connectivity index (χ2n) is 6.18. The largest absolute Gasteiger partial charge is 0.354 e. The summed E-state index contributed by atoms with van der Waals surface area (Å²) in [7, 11) is -3.52. The van der Waals surface area contributed by atoms with Gasteiger partial charge < -0.3 is 5.32 Å². The molecule has 5 nitrogen and oxygen atoms in total. The minimum absolute atomic E-state index is 0.0567. The van der Waals surface area contributed by atoms with Crippen molar-refractivity contribution in [2.75, 3.05) is 13.1 Å². The lowest BCUT2D eigenvalue weighted by Crippen LogP contribution is -2.46. The van der Waals surface area contributed by atoms with Crippen LogP contribution in [-0.2, 0) is 14.8 Å². The molecule has 122 valence electrons. The standard InChI is InChI=1S/C16H24N2O3S/c1-12(2)17-16(19)14-5-4-10-18(11-14)22(20,21)15-8-6-13(3)7-9-15/h6-9,12,14H,4-5,10-11H2,1-3H3,(H,17,19)/t14-/m1/s1. The van der Waals surface area contributed by atoms with Gasteiger partial charge in [0.15, 0.2) is 0 Å². The van der Waals surface area contributed by atoms with Crippen LogP contribution in [0.15, 0.2) is 29.2 Å². The number of sulfonamides is 1. The summed E-state index contributed by atoms with van der Waals surface area (Å²) in [5, 5.41) is 2.87. The number of amides is 1. The average Bonchev–Trinajstić information content (AvgIpc) is 2.47. The zero-order valence-electron chi connectivity index (χ0n) is 13.4. The second-order valence-corrected chi connectivity index (χ2v) is 8.12. The van der Waals surface area contributed by atoms with E-state index in [0.717, 1.165) is 12.0 Å². The van der Waals surface area contributed by atoms with Crippen molar-refractivity contribution in [2.45, 2.75) is 44.6 Å². The van der Waals surface area contributed by atoms with E-state index in [4.69, 9.17) is 0 Å². The number of benzene rings is 1. The van der Waals surface area contributed by atoms with Crippen LogP contribution < -0.4 is 5.32 Å². The molecule has 1 aromatic rings. The summed E-state index contributed by atoms with van der Waals surface area (Å²) in [6.45, 7) is 6.46. The van der Waals surface area contributed by atoms with Crippen LogP contribution in [-0.4, -0.2) is 37.8 Å². The Kier molecular flexibility index (Phi) is 5.24. The fourth-order valence-electron chi connectivity index (χ4n) is 2.64. The first kappa shape index (κ1) is 17.0. The Morgan fingerprint density at radius 1 is 1.27 bits per heavy atom. The van der Waals surface area contributed by atoms with Crippen molar-refractivity contribution >= 4 is 15.9 Å². The minimum Gasteiger partial charge on any atom is -0.354 e. The maximum atomic E-state index is 12.7. The van der Waals surface area contributed by atoms with E-state index < -0.39 is 10.0 Å². The zero-order chi connectivity index (χ0) is 16.3. The minimum atomic E-state index is -3.52. The van der Waals surface area contributed by atoms with Gasteiger partial charge >= 0.3 is 0 Å². The monoisotopic (exact) mass is 324 g/mol. The van der Waals surface area contributed by atoms with E-state index in [1.54, 1.807) is 24.3 Å². The zero-order valence-corrected chi connectivity index (χ0v) is 14.2. The number of nitrogens with zero attached hydrogens (tertiary/aromatic N) is 1. The van der Waals surface area contributed by atoms with Crippen molar-refractivity contribution in [3.63, 3.8) is 0 Å². The van der Waals surface area contributed by atoms with Crippen LogP contribution >= 0.6 is 0 Å². The number of hydrogen-bond donors (Lipinski definition) is 1. The van der Waals surface area contributed by atoms with E-state index >= 15 is 0 Å². The van der Waals surface area contributed by atoms with Crippen LogP contribution in [0.3, 0.4) is 0 Å². The van der Waals surface area contributed by atoms with Gasteiger partial charge in [0, 0.05) is 19.1 Å². The van der Waals surface area contributed by atoms with Crippen molar-refractivity contribution in [2.24, 2.45) is 5.92 Å². The number of carbonyl (C=O) groups is 1. The van der Waals surface area contributed by atoms with Gasteiger partial charge in [0.25, 0.3) is 0 Å². The molecule has 0 spiro atoms. The molecule has 1 N–H and O–H groups in total. The predicted octanol–water partition coefficient (Wildman–Crippen LogP) is 1.92. The first-order valence-corrected chi connectivity index (χ1v) is 9.12. The molecule has 1 amide bonds.